The highest BCUT2D eigenvalue weighted by Crippen LogP contribution is 2.39. The molecule has 0 fully saturated rings. The Bertz CT molecular complexity index is 1760. The van der Waals surface area contributed by atoms with E-state index in [0.717, 1.165) is 48.5 Å². The molecule has 4 aromatic rings. The lowest BCUT2D eigenvalue weighted by Gasteiger charge is -2.20. The number of rotatable bonds is 8. The Balaban J connectivity index is 1.94. The molecular weight excluding hydrogens is 756 g/mol. The van der Waals surface area contributed by atoms with Crippen molar-refractivity contribution in [2.45, 2.75) is 24.7 Å². The van der Waals surface area contributed by atoms with Gasteiger partial charge in [-0.1, -0.05) is 48.5 Å². The van der Waals surface area contributed by atoms with E-state index in [2.05, 4.69) is 0 Å². The van der Waals surface area contributed by atoms with E-state index >= 15 is 0 Å². The number of nitrogens with one attached hydrogen (secondary N) is 4. The minimum atomic E-state index is -5.25. The number of alkyl halides is 12. The van der Waals surface area contributed by atoms with Gasteiger partial charge in [-0.2, -0.15) is 52.7 Å². The van der Waals surface area contributed by atoms with Crippen LogP contribution in [0.5, 0.6) is 0 Å². The van der Waals surface area contributed by atoms with Crippen LogP contribution in [0.4, 0.5) is 75.4 Å². The lowest BCUT2D eigenvalue weighted by molar-refractivity contribution is -0.167. The molecule has 0 aliphatic rings. The predicted molar refractivity (Wildman–Crippen MR) is 170 cm³/mol. The van der Waals surface area contributed by atoms with E-state index in [1.165, 1.54) is 48.5 Å². The van der Waals surface area contributed by atoms with Crippen LogP contribution in [0.25, 0.3) is 11.1 Å². The molecule has 0 bridgehead atoms. The van der Waals surface area contributed by atoms with Gasteiger partial charge >= 0.3 is 48.3 Å². The summed E-state index contributed by atoms with van der Waals surface area (Å²) in [6, 6.07) is 18.2. The van der Waals surface area contributed by atoms with Crippen molar-refractivity contribution in [3.05, 3.63) is 119 Å². The Morgan fingerprint density at radius 3 is 0.574 bits per heavy atom. The molecule has 0 aromatic heterocycles. The van der Waals surface area contributed by atoms with Crippen molar-refractivity contribution in [1.82, 2.24) is 0 Å². The second-order valence-electron chi connectivity index (χ2n) is 10.9. The summed E-state index contributed by atoms with van der Waals surface area (Å²) in [5.41, 5.74) is -0.617. The molecule has 4 N–H and O–H groups in total. The molecule has 20 heteroatoms. The quantitative estimate of drug-likeness (QED) is 0.106. The molecule has 0 atom stereocenters. The van der Waals surface area contributed by atoms with Crippen LogP contribution in [-0.2, 0) is 19.2 Å². The maximum Gasteiger partial charge on any atom is 0.471 e. The van der Waals surface area contributed by atoms with Gasteiger partial charge in [-0.3, -0.25) is 19.2 Å². The molecule has 4 aromatic carbocycles. The minimum Gasteiger partial charge on any atom is -0.318 e. The van der Waals surface area contributed by atoms with Crippen molar-refractivity contribution in [1.29, 1.82) is 0 Å². The summed E-state index contributed by atoms with van der Waals surface area (Å²) >= 11 is 0. The van der Waals surface area contributed by atoms with E-state index in [1.807, 2.05) is 0 Å². The smallest absolute Gasteiger partial charge is 0.318 e. The molecule has 0 saturated carbocycles. The third-order valence-corrected chi connectivity index (χ3v) is 7.01. The van der Waals surface area contributed by atoms with Crippen LogP contribution in [0, 0.1) is 0 Å². The molecule has 0 unspecified atom stereocenters. The molecule has 8 nitrogen and oxygen atoms in total. The Kier molecular flexibility index (Phi) is 11.5. The molecule has 0 aliphatic heterocycles. The largest absolute Gasteiger partial charge is 0.471 e. The minimum absolute atomic E-state index is 0.0940. The van der Waals surface area contributed by atoms with Crippen LogP contribution in [-0.4, -0.2) is 48.3 Å². The SMILES string of the molecule is O=C(Nc1ccc(C(=C(c2ccc(NC(=O)C(F)(F)F)cc2)c2ccc(NC(=O)C(F)(F)F)cc2)c2ccc(NC(=O)C(F)(F)F)cc2)cc1)C(F)(F)F. The summed E-state index contributed by atoms with van der Waals surface area (Å²) in [4.78, 5) is 46.0. The molecular formula is C34H20F12N4O4. The number of anilines is 4. The molecule has 4 rings (SSSR count). The van der Waals surface area contributed by atoms with Crippen molar-refractivity contribution in [2.24, 2.45) is 0 Å². The van der Waals surface area contributed by atoms with Gasteiger partial charge in [0, 0.05) is 22.7 Å². The zero-order valence-electron chi connectivity index (χ0n) is 26.4. The standard InChI is InChI=1S/C34H20F12N4O4/c35-31(36,37)27(51)47-21-9-1-17(2-10-21)25(18-3-11-22(12-4-18)48-28(52)32(38,39)40)26(19-5-13-23(14-6-19)49-29(53)33(41,42)43)20-7-15-24(16-8-20)50-30(54)34(44,45)46/h1-16H,(H,47,51)(H,48,52)(H,49,53)(H,50,54). The molecule has 0 radical (unpaired) electrons. The molecule has 0 aliphatic carbocycles. The first kappa shape index (κ1) is 40.4. The highest BCUT2D eigenvalue weighted by atomic mass is 19.4. The predicted octanol–water partition coefficient (Wildman–Crippen LogP) is 8.70. The van der Waals surface area contributed by atoms with E-state index in [4.69, 9.17) is 0 Å². The maximum atomic E-state index is 12.9. The summed E-state index contributed by atoms with van der Waals surface area (Å²) < 4.78 is 154. The van der Waals surface area contributed by atoms with Gasteiger partial charge in [-0.25, -0.2) is 0 Å². The molecule has 54 heavy (non-hydrogen) atoms. The van der Waals surface area contributed by atoms with Crippen molar-refractivity contribution >= 4 is 57.5 Å². The van der Waals surface area contributed by atoms with Gasteiger partial charge in [0.25, 0.3) is 0 Å². The highest BCUT2D eigenvalue weighted by Gasteiger charge is 2.41. The average Bonchev–Trinajstić information content (AvgIpc) is 3.07. The van der Waals surface area contributed by atoms with Crippen LogP contribution in [0.1, 0.15) is 22.3 Å². The van der Waals surface area contributed by atoms with Crippen molar-refractivity contribution in [3.63, 3.8) is 0 Å². The number of carbonyl (C=O) groups excluding carboxylic acids is 4. The van der Waals surface area contributed by atoms with Crippen LogP contribution < -0.4 is 21.3 Å². The fourth-order valence-electron chi connectivity index (χ4n) is 4.60. The highest BCUT2D eigenvalue weighted by molar-refractivity contribution is 6.06. The second kappa shape index (κ2) is 15.3. The number of carbonyl (C=O) groups is 4. The fraction of sp³-hybridized carbons (Fsp3) is 0.118. The van der Waals surface area contributed by atoms with Crippen molar-refractivity contribution in [3.8, 4) is 0 Å². The molecule has 284 valence electrons. The van der Waals surface area contributed by atoms with E-state index < -0.39 is 48.3 Å². The van der Waals surface area contributed by atoms with Gasteiger partial charge in [-0.15, -0.1) is 0 Å². The van der Waals surface area contributed by atoms with Gasteiger partial charge < -0.3 is 21.3 Å². The van der Waals surface area contributed by atoms with Crippen molar-refractivity contribution < 1.29 is 71.9 Å². The summed E-state index contributed by atoms with van der Waals surface area (Å²) in [5.74, 6) is -9.23. The number of hydrogen-bond donors (Lipinski definition) is 4. The normalized spacial score (nSPS) is 12.0. The molecule has 0 heterocycles. The first-order chi connectivity index (χ1) is 24.9. The zero-order chi connectivity index (χ0) is 40.2. The topological polar surface area (TPSA) is 116 Å². The Morgan fingerprint density at radius 2 is 0.444 bits per heavy atom. The monoisotopic (exact) mass is 776 g/mol. The fourth-order valence-corrected chi connectivity index (χ4v) is 4.60. The summed E-state index contributed by atoms with van der Waals surface area (Å²) in [6.45, 7) is 0. The first-order valence-corrected chi connectivity index (χ1v) is 14.6. The zero-order valence-corrected chi connectivity index (χ0v) is 26.4. The van der Waals surface area contributed by atoms with Crippen LogP contribution in [0.15, 0.2) is 97.1 Å². The van der Waals surface area contributed by atoms with E-state index in [-0.39, 0.29) is 56.1 Å². The van der Waals surface area contributed by atoms with Gasteiger partial charge in [0.2, 0.25) is 0 Å². The Morgan fingerprint density at radius 1 is 0.296 bits per heavy atom. The van der Waals surface area contributed by atoms with E-state index in [0.29, 0.717) is 0 Å². The molecule has 0 saturated heterocycles. The number of benzene rings is 4. The third kappa shape index (κ3) is 10.4. The summed E-state index contributed by atoms with van der Waals surface area (Å²) in [5, 5.41) is 6.57. The maximum absolute atomic E-state index is 12.9. The third-order valence-electron chi connectivity index (χ3n) is 7.01. The summed E-state index contributed by atoms with van der Waals surface area (Å²) in [6.07, 6.45) is -21.0. The van der Waals surface area contributed by atoms with E-state index in [1.54, 1.807) is 21.3 Å². The van der Waals surface area contributed by atoms with Gasteiger partial charge in [0.1, 0.15) is 0 Å². The average molecular weight is 777 g/mol. The lowest BCUT2D eigenvalue weighted by Crippen LogP contribution is -2.29. The number of hydrogen-bond acceptors (Lipinski definition) is 4. The first-order valence-electron chi connectivity index (χ1n) is 14.6. The molecule has 4 amide bonds. The van der Waals surface area contributed by atoms with Gasteiger partial charge in [-0.05, 0) is 81.9 Å². The van der Waals surface area contributed by atoms with Crippen LogP contribution >= 0.6 is 0 Å². The Labute approximate surface area is 294 Å². The van der Waals surface area contributed by atoms with Gasteiger partial charge in [0.05, 0.1) is 0 Å². The van der Waals surface area contributed by atoms with Crippen LogP contribution in [0.2, 0.25) is 0 Å². The second-order valence-corrected chi connectivity index (χ2v) is 10.9. The van der Waals surface area contributed by atoms with Crippen LogP contribution in [0.3, 0.4) is 0 Å². The number of halogens is 12. The molecule has 0 spiro atoms. The van der Waals surface area contributed by atoms with Gasteiger partial charge in [0.15, 0.2) is 0 Å². The van der Waals surface area contributed by atoms with E-state index in [9.17, 15) is 71.9 Å². The summed E-state index contributed by atoms with van der Waals surface area (Å²) in [7, 11) is 0. The number of amides is 4. The lowest BCUT2D eigenvalue weighted by atomic mass is 9.85. The van der Waals surface area contributed by atoms with Crippen molar-refractivity contribution in [2.75, 3.05) is 21.3 Å². The Hall–Kier alpha value is -6.34.